The molecule has 1 unspecified atom stereocenters. The van der Waals surface area contributed by atoms with Crippen LogP contribution >= 0.6 is 11.8 Å². The van der Waals surface area contributed by atoms with Crippen molar-refractivity contribution in [2.45, 2.75) is 50.1 Å². The molecule has 0 aliphatic carbocycles. The van der Waals surface area contributed by atoms with Crippen molar-refractivity contribution in [3.8, 4) is 0 Å². The van der Waals surface area contributed by atoms with Crippen molar-refractivity contribution < 1.29 is 4.79 Å². The SMILES string of the molecule is CCCc1cc(=O)[nH]c(SC(C)C(=O)N2CCc3ccccc3C2)n1. The Bertz CT molecular complexity index is 818. The van der Waals surface area contributed by atoms with Gasteiger partial charge in [0.2, 0.25) is 5.91 Å². The van der Waals surface area contributed by atoms with Gasteiger partial charge in [-0.1, -0.05) is 49.4 Å². The summed E-state index contributed by atoms with van der Waals surface area (Å²) in [4.78, 5) is 33.7. The number of thioether (sulfide) groups is 1. The van der Waals surface area contributed by atoms with E-state index in [1.165, 1.54) is 29.0 Å². The van der Waals surface area contributed by atoms with Crippen LogP contribution in [0.2, 0.25) is 0 Å². The van der Waals surface area contributed by atoms with Crippen LogP contribution < -0.4 is 5.56 Å². The fourth-order valence-corrected chi connectivity index (χ4v) is 4.00. The van der Waals surface area contributed by atoms with Crippen molar-refractivity contribution in [2.24, 2.45) is 0 Å². The lowest BCUT2D eigenvalue weighted by Gasteiger charge is -2.30. The lowest BCUT2D eigenvalue weighted by molar-refractivity contribution is -0.131. The average Bonchev–Trinajstić information content (AvgIpc) is 2.60. The summed E-state index contributed by atoms with van der Waals surface area (Å²) in [6.45, 7) is 5.32. The second-order valence-electron chi connectivity index (χ2n) is 6.33. The molecule has 5 nitrogen and oxygen atoms in total. The number of benzene rings is 1. The van der Waals surface area contributed by atoms with Crippen molar-refractivity contribution in [2.75, 3.05) is 6.54 Å². The highest BCUT2D eigenvalue weighted by Crippen LogP contribution is 2.24. The Kier molecular flexibility index (Phi) is 5.58. The van der Waals surface area contributed by atoms with Gasteiger partial charge in [0.05, 0.1) is 5.25 Å². The van der Waals surface area contributed by atoms with E-state index in [9.17, 15) is 9.59 Å². The summed E-state index contributed by atoms with van der Waals surface area (Å²) in [7, 11) is 0. The Morgan fingerprint density at radius 3 is 2.88 bits per heavy atom. The maximum atomic E-state index is 12.8. The summed E-state index contributed by atoms with van der Waals surface area (Å²) >= 11 is 1.32. The van der Waals surface area contributed by atoms with E-state index in [-0.39, 0.29) is 16.7 Å². The van der Waals surface area contributed by atoms with Gasteiger partial charge < -0.3 is 9.88 Å². The fourth-order valence-electron chi connectivity index (χ4n) is 3.08. The topological polar surface area (TPSA) is 66.1 Å². The standard InChI is InChI=1S/C19H23N3O2S/c1-3-6-16-11-17(23)21-19(20-16)25-13(2)18(24)22-10-9-14-7-4-5-8-15(14)12-22/h4-5,7-8,11,13H,3,6,9-10,12H2,1-2H3,(H,20,21,23). The lowest BCUT2D eigenvalue weighted by atomic mass is 10.00. The number of hydrogen-bond acceptors (Lipinski definition) is 4. The highest BCUT2D eigenvalue weighted by atomic mass is 32.2. The van der Waals surface area contributed by atoms with Crippen LogP contribution in [0.3, 0.4) is 0 Å². The molecule has 1 aromatic carbocycles. The predicted molar refractivity (Wildman–Crippen MR) is 99.7 cm³/mol. The number of fused-ring (bicyclic) bond motifs is 1. The van der Waals surface area contributed by atoms with Crippen LogP contribution in [0, 0.1) is 0 Å². The van der Waals surface area contributed by atoms with Gasteiger partial charge in [0.15, 0.2) is 5.16 Å². The van der Waals surface area contributed by atoms with Gasteiger partial charge in [0.25, 0.3) is 5.56 Å². The molecule has 0 saturated carbocycles. The summed E-state index contributed by atoms with van der Waals surface area (Å²) in [5, 5.41) is 0.236. The van der Waals surface area contributed by atoms with E-state index in [0.717, 1.165) is 31.5 Å². The Balaban J connectivity index is 1.68. The number of aryl methyl sites for hydroxylation is 1. The van der Waals surface area contributed by atoms with E-state index in [0.29, 0.717) is 11.7 Å². The van der Waals surface area contributed by atoms with E-state index in [1.807, 2.05) is 24.0 Å². The molecule has 3 rings (SSSR count). The molecule has 1 aliphatic rings. The minimum absolute atomic E-state index is 0.0862. The molecular formula is C19H23N3O2S. The maximum Gasteiger partial charge on any atom is 0.251 e. The second kappa shape index (κ2) is 7.87. The van der Waals surface area contributed by atoms with Crippen molar-refractivity contribution in [1.82, 2.24) is 14.9 Å². The molecule has 1 N–H and O–H groups in total. The monoisotopic (exact) mass is 357 g/mol. The molecule has 1 aliphatic heterocycles. The predicted octanol–water partition coefficient (Wildman–Crippen LogP) is 2.79. The van der Waals surface area contributed by atoms with Crippen LogP contribution in [0.15, 0.2) is 40.3 Å². The Hall–Kier alpha value is -2.08. The Morgan fingerprint density at radius 1 is 1.36 bits per heavy atom. The zero-order chi connectivity index (χ0) is 17.8. The number of H-pyrrole nitrogens is 1. The molecule has 25 heavy (non-hydrogen) atoms. The number of nitrogens with zero attached hydrogens (tertiary/aromatic N) is 2. The number of carbonyl (C=O) groups is 1. The largest absolute Gasteiger partial charge is 0.337 e. The smallest absolute Gasteiger partial charge is 0.251 e. The molecule has 1 atom stereocenters. The van der Waals surface area contributed by atoms with Gasteiger partial charge in [-0.3, -0.25) is 9.59 Å². The van der Waals surface area contributed by atoms with Crippen molar-refractivity contribution in [1.29, 1.82) is 0 Å². The number of nitrogens with one attached hydrogen (secondary N) is 1. The van der Waals surface area contributed by atoms with Gasteiger partial charge in [-0.2, -0.15) is 0 Å². The van der Waals surface area contributed by atoms with E-state index >= 15 is 0 Å². The summed E-state index contributed by atoms with van der Waals surface area (Å²) in [5.41, 5.74) is 3.16. The minimum atomic E-state index is -0.287. The summed E-state index contributed by atoms with van der Waals surface area (Å²) < 4.78 is 0. The quantitative estimate of drug-likeness (QED) is 0.660. The highest BCUT2D eigenvalue weighted by Gasteiger charge is 2.25. The van der Waals surface area contributed by atoms with Crippen LogP contribution in [0.25, 0.3) is 0 Å². The van der Waals surface area contributed by atoms with Gasteiger partial charge in [-0.05, 0) is 30.9 Å². The molecule has 0 radical (unpaired) electrons. The second-order valence-corrected chi connectivity index (χ2v) is 7.66. The first-order chi connectivity index (χ1) is 12.1. The summed E-state index contributed by atoms with van der Waals surface area (Å²) in [6, 6.07) is 9.80. The molecule has 6 heteroatoms. The fraction of sp³-hybridized carbons (Fsp3) is 0.421. The van der Waals surface area contributed by atoms with Gasteiger partial charge >= 0.3 is 0 Å². The first kappa shape index (κ1) is 17.7. The van der Waals surface area contributed by atoms with Crippen LogP contribution in [0.4, 0.5) is 0 Å². The number of aromatic nitrogens is 2. The zero-order valence-corrected chi connectivity index (χ0v) is 15.4. The molecule has 1 aromatic heterocycles. The molecule has 0 saturated heterocycles. The van der Waals surface area contributed by atoms with Crippen molar-refractivity contribution in [3.05, 3.63) is 57.5 Å². The average molecular weight is 357 g/mol. The van der Waals surface area contributed by atoms with Crippen molar-refractivity contribution in [3.63, 3.8) is 0 Å². The molecule has 0 bridgehead atoms. The van der Waals surface area contributed by atoms with E-state index in [4.69, 9.17) is 0 Å². The van der Waals surface area contributed by atoms with Gasteiger partial charge in [0, 0.05) is 24.8 Å². The number of carbonyl (C=O) groups excluding carboxylic acids is 1. The number of hydrogen-bond donors (Lipinski definition) is 1. The molecule has 2 aromatic rings. The van der Waals surface area contributed by atoms with Gasteiger partial charge in [-0.25, -0.2) is 4.98 Å². The van der Waals surface area contributed by atoms with Gasteiger partial charge in [0.1, 0.15) is 0 Å². The minimum Gasteiger partial charge on any atom is -0.337 e. The normalized spacial score (nSPS) is 14.9. The lowest BCUT2D eigenvalue weighted by Crippen LogP contribution is -2.40. The molecular weight excluding hydrogens is 334 g/mol. The maximum absolute atomic E-state index is 12.8. The first-order valence-corrected chi connectivity index (χ1v) is 9.57. The van der Waals surface area contributed by atoms with Crippen LogP contribution in [0.1, 0.15) is 37.1 Å². The molecule has 132 valence electrons. The van der Waals surface area contributed by atoms with Crippen LogP contribution in [-0.4, -0.2) is 32.6 Å². The summed E-state index contributed by atoms with van der Waals surface area (Å²) in [6.07, 6.45) is 2.59. The van der Waals surface area contributed by atoms with Gasteiger partial charge in [-0.15, -0.1) is 0 Å². The van der Waals surface area contributed by atoms with E-state index in [2.05, 4.69) is 29.0 Å². The first-order valence-electron chi connectivity index (χ1n) is 8.69. The van der Waals surface area contributed by atoms with E-state index < -0.39 is 0 Å². The Morgan fingerprint density at radius 2 is 2.12 bits per heavy atom. The van der Waals surface area contributed by atoms with E-state index in [1.54, 1.807) is 0 Å². The number of amides is 1. The highest BCUT2D eigenvalue weighted by molar-refractivity contribution is 8.00. The molecule has 1 amide bonds. The number of rotatable bonds is 5. The Labute approximate surface area is 151 Å². The summed E-state index contributed by atoms with van der Waals surface area (Å²) in [5.74, 6) is 0.0862. The molecule has 0 fully saturated rings. The third kappa shape index (κ3) is 4.31. The van der Waals surface area contributed by atoms with Crippen LogP contribution in [-0.2, 0) is 24.2 Å². The molecule has 0 spiro atoms. The van der Waals surface area contributed by atoms with Crippen LogP contribution in [0.5, 0.6) is 0 Å². The number of aromatic amines is 1. The zero-order valence-electron chi connectivity index (χ0n) is 14.6. The third-order valence-electron chi connectivity index (χ3n) is 4.36. The third-order valence-corrected chi connectivity index (χ3v) is 5.33. The van der Waals surface area contributed by atoms with Crippen molar-refractivity contribution >= 4 is 17.7 Å². The molecule has 2 heterocycles.